The van der Waals surface area contributed by atoms with Gasteiger partial charge in [-0.15, -0.1) is 0 Å². The maximum Gasteiger partial charge on any atom is 0.416 e. The Kier molecular flexibility index (Phi) is 7.65. The predicted octanol–water partition coefficient (Wildman–Crippen LogP) is 5.20. The zero-order valence-corrected chi connectivity index (χ0v) is 19.7. The second kappa shape index (κ2) is 10.7. The fourth-order valence-corrected chi connectivity index (χ4v) is 3.68. The monoisotopic (exact) mass is 520 g/mol. The lowest BCUT2D eigenvalue weighted by Crippen LogP contribution is -2.21. The van der Waals surface area contributed by atoms with E-state index in [1.165, 1.54) is 36.5 Å². The number of amides is 1. The van der Waals surface area contributed by atoms with Crippen molar-refractivity contribution in [2.75, 3.05) is 18.5 Å². The molecule has 2 aromatic carbocycles. The number of aliphatic hydroxyl groups is 2. The third-order valence-corrected chi connectivity index (χ3v) is 5.70. The van der Waals surface area contributed by atoms with Crippen molar-refractivity contribution in [2.45, 2.75) is 38.0 Å². The van der Waals surface area contributed by atoms with Crippen LogP contribution >= 0.6 is 0 Å². The largest absolute Gasteiger partial charge is 0.475 e. The molecule has 196 valence electrons. The SMILES string of the molecule is Cc1cc(F)ccc1Oc1cc(C2CC2)c(C(F)(F)F)cc1C(=O)Nc1ccnc(OC[C@@H](O)CO)c1. The van der Waals surface area contributed by atoms with Crippen molar-refractivity contribution >= 4 is 11.6 Å². The summed E-state index contributed by atoms with van der Waals surface area (Å²) in [6.45, 7) is 0.800. The highest BCUT2D eigenvalue weighted by Gasteiger charge is 2.40. The molecule has 3 aromatic rings. The fourth-order valence-electron chi connectivity index (χ4n) is 3.68. The van der Waals surface area contributed by atoms with Crippen molar-refractivity contribution in [2.24, 2.45) is 0 Å². The number of halogens is 4. The highest BCUT2D eigenvalue weighted by molar-refractivity contribution is 6.06. The highest BCUT2D eigenvalue weighted by atomic mass is 19.4. The summed E-state index contributed by atoms with van der Waals surface area (Å²) >= 11 is 0. The summed E-state index contributed by atoms with van der Waals surface area (Å²) in [5, 5.41) is 20.8. The number of nitrogens with zero attached hydrogens (tertiary/aromatic N) is 1. The number of carbonyl (C=O) groups excluding carboxylic acids is 1. The predicted molar refractivity (Wildman–Crippen MR) is 125 cm³/mol. The van der Waals surface area contributed by atoms with Crippen LogP contribution in [0.5, 0.6) is 17.4 Å². The first-order valence-corrected chi connectivity index (χ1v) is 11.4. The molecule has 4 rings (SSSR count). The number of aliphatic hydroxyl groups excluding tert-OH is 2. The van der Waals surface area contributed by atoms with Gasteiger partial charge in [-0.05, 0) is 73.2 Å². The van der Waals surface area contributed by atoms with E-state index in [2.05, 4.69) is 10.3 Å². The number of nitrogens with one attached hydrogen (secondary N) is 1. The smallest absolute Gasteiger partial charge is 0.416 e. The van der Waals surface area contributed by atoms with E-state index < -0.39 is 36.2 Å². The summed E-state index contributed by atoms with van der Waals surface area (Å²) in [7, 11) is 0. The van der Waals surface area contributed by atoms with E-state index in [0.29, 0.717) is 18.4 Å². The van der Waals surface area contributed by atoms with Crippen LogP contribution in [-0.2, 0) is 6.18 Å². The number of anilines is 1. The summed E-state index contributed by atoms with van der Waals surface area (Å²) in [5.74, 6) is -1.56. The molecule has 1 aliphatic carbocycles. The van der Waals surface area contributed by atoms with Crippen LogP contribution in [0.3, 0.4) is 0 Å². The van der Waals surface area contributed by atoms with Gasteiger partial charge in [0.25, 0.3) is 5.91 Å². The van der Waals surface area contributed by atoms with Gasteiger partial charge in [0.15, 0.2) is 0 Å². The second-order valence-electron chi connectivity index (χ2n) is 8.70. The highest BCUT2D eigenvalue weighted by Crippen LogP contribution is 2.48. The average molecular weight is 520 g/mol. The maximum atomic E-state index is 13.9. The van der Waals surface area contributed by atoms with Crippen LogP contribution in [0.15, 0.2) is 48.7 Å². The van der Waals surface area contributed by atoms with Gasteiger partial charge < -0.3 is 25.0 Å². The Bertz CT molecular complexity index is 1290. The number of benzene rings is 2. The van der Waals surface area contributed by atoms with Crippen molar-refractivity contribution in [3.8, 4) is 17.4 Å². The minimum absolute atomic E-state index is 0.0174. The molecule has 1 aromatic heterocycles. The Morgan fingerprint density at radius 2 is 1.92 bits per heavy atom. The van der Waals surface area contributed by atoms with Gasteiger partial charge >= 0.3 is 6.18 Å². The number of aromatic nitrogens is 1. The molecule has 1 atom stereocenters. The number of pyridine rings is 1. The van der Waals surface area contributed by atoms with Gasteiger partial charge in [-0.3, -0.25) is 4.79 Å². The van der Waals surface area contributed by atoms with Gasteiger partial charge in [0.05, 0.1) is 17.7 Å². The van der Waals surface area contributed by atoms with Crippen molar-refractivity contribution in [3.63, 3.8) is 0 Å². The quantitative estimate of drug-likeness (QED) is 0.335. The van der Waals surface area contributed by atoms with Gasteiger partial charge in [-0.25, -0.2) is 9.37 Å². The lowest BCUT2D eigenvalue weighted by molar-refractivity contribution is -0.138. The molecule has 1 aliphatic rings. The van der Waals surface area contributed by atoms with Crippen LogP contribution in [0.4, 0.5) is 23.2 Å². The normalized spacial score (nSPS) is 14.2. The van der Waals surface area contributed by atoms with Crippen molar-refractivity contribution in [1.29, 1.82) is 0 Å². The summed E-state index contributed by atoms with van der Waals surface area (Å²) in [6.07, 6.45) is -3.35. The molecule has 0 radical (unpaired) electrons. The first-order valence-electron chi connectivity index (χ1n) is 11.4. The summed E-state index contributed by atoms with van der Waals surface area (Å²) in [4.78, 5) is 17.1. The van der Waals surface area contributed by atoms with Gasteiger partial charge in [0, 0.05) is 18.0 Å². The van der Waals surface area contributed by atoms with E-state index in [-0.39, 0.29) is 46.7 Å². The van der Waals surface area contributed by atoms with Crippen LogP contribution in [0.1, 0.15) is 45.8 Å². The molecule has 1 heterocycles. The Labute approximate surface area is 209 Å². The van der Waals surface area contributed by atoms with E-state index in [1.807, 2.05) is 0 Å². The van der Waals surface area contributed by atoms with Crippen LogP contribution in [0.2, 0.25) is 0 Å². The number of carbonyl (C=O) groups is 1. The molecular formula is C26H24F4N2O5. The summed E-state index contributed by atoms with van der Waals surface area (Å²) < 4.78 is 66.5. The number of alkyl halides is 3. The Balaban J connectivity index is 1.69. The van der Waals surface area contributed by atoms with Crippen molar-refractivity contribution in [3.05, 3.63) is 76.7 Å². The van der Waals surface area contributed by atoms with Gasteiger partial charge in [-0.1, -0.05) is 0 Å². The lowest BCUT2D eigenvalue weighted by Gasteiger charge is -2.19. The molecule has 3 N–H and O–H groups in total. The molecule has 1 saturated carbocycles. The molecule has 0 spiro atoms. The molecule has 37 heavy (non-hydrogen) atoms. The topological polar surface area (TPSA) is 101 Å². The van der Waals surface area contributed by atoms with Crippen molar-refractivity contribution < 1.29 is 42.0 Å². The number of hydrogen-bond acceptors (Lipinski definition) is 6. The maximum absolute atomic E-state index is 13.9. The molecule has 7 nitrogen and oxygen atoms in total. The van der Waals surface area contributed by atoms with Crippen molar-refractivity contribution in [1.82, 2.24) is 4.98 Å². The first-order chi connectivity index (χ1) is 17.5. The number of ether oxygens (including phenoxy) is 2. The van der Waals surface area contributed by atoms with E-state index >= 15 is 0 Å². The summed E-state index contributed by atoms with van der Waals surface area (Å²) in [6, 6.07) is 8.43. The molecule has 0 aliphatic heterocycles. The third kappa shape index (κ3) is 6.55. The molecular weight excluding hydrogens is 496 g/mol. The van der Waals surface area contributed by atoms with Crippen LogP contribution < -0.4 is 14.8 Å². The van der Waals surface area contributed by atoms with E-state index in [0.717, 1.165) is 12.1 Å². The van der Waals surface area contributed by atoms with Crippen LogP contribution in [0, 0.1) is 12.7 Å². The van der Waals surface area contributed by atoms with Gasteiger partial charge in [0.2, 0.25) is 5.88 Å². The third-order valence-electron chi connectivity index (χ3n) is 5.70. The standard InChI is InChI=1S/C26H24F4N2O5/c1-14-8-16(27)4-5-22(14)37-23-11-19(15-2-3-15)21(26(28,29)30)10-20(23)25(35)32-17-6-7-31-24(9-17)36-13-18(34)12-33/h4-11,15,18,33-34H,2-3,12-13H2,1H3,(H,31,32,35)/t18-/m0/s1. The Hall–Kier alpha value is -3.70. The Morgan fingerprint density at radius 1 is 1.16 bits per heavy atom. The van der Waals surface area contributed by atoms with E-state index in [4.69, 9.17) is 14.6 Å². The molecule has 0 bridgehead atoms. The molecule has 1 amide bonds. The molecule has 11 heteroatoms. The zero-order chi connectivity index (χ0) is 26.7. The fraction of sp³-hybridized carbons (Fsp3) is 0.308. The van der Waals surface area contributed by atoms with Gasteiger partial charge in [-0.2, -0.15) is 13.2 Å². The molecule has 1 fully saturated rings. The minimum atomic E-state index is -4.69. The summed E-state index contributed by atoms with van der Waals surface area (Å²) in [5.41, 5.74) is -0.672. The second-order valence-corrected chi connectivity index (χ2v) is 8.70. The lowest BCUT2D eigenvalue weighted by atomic mass is 9.98. The van der Waals surface area contributed by atoms with E-state index in [9.17, 15) is 27.5 Å². The minimum Gasteiger partial charge on any atom is -0.475 e. The van der Waals surface area contributed by atoms with Gasteiger partial charge in [0.1, 0.15) is 30.0 Å². The zero-order valence-electron chi connectivity index (χ0n) is 19.7. The first kappa shape index (κ1) is 26.4. The van der Waals surface area contributed by atoms with E-state index in [1.54, 1.807) is 6.92 Å². The number of aryl methyl sites for hydroxylation is 1. The van der Waals surface area contributed by atoms with Crippen LogP contribution in [0.25, 0.3) is 0 Å². The average Bonchev–Trinajstić information content (AvgIpc) is 3.69. The number of hydrogen-bond donors (Lipinski definition) is 3. The van der Waals surface area contributed by atoms with Crippen LogP contribution in [-0.4, -0.2) is 40.4 Å². The Morgan fingerprint density at radius 3 is 2.57 bits per heavy atom. The number of rotatable bonds is 9. The molecule has 0 unspecified atom stereocenters. The molecule has 0 saturated heterocycles.